The Labute approximate surface area is 139 Å². The van der Waals surface area contributed by atoms with Crippen LogP contribution in [0.4, 0.5) is 5.69 Å². The van der Waals surface area contributed by atoms with E-state index in [2.05, 4.69) is 55.6 Å². The van der Waals surface area contributed by atoms with E-state index in [9.17, 15) is 4.79 Å². The van der Waals surface area contributed by atoms with Crippen molar-refractivity contribution >= 4 is 11.5 Å². The molecule has 2 aromatic rings. The molecule has 2 heteroatoms. The lowest BCUT2D eigenvalue weighted by atomic mass is 9.98. The van der Waals surface area contributed by atoms with Crippen molar-refractivity contribution in [1.29, 1.82) is 0 Å². The quantitative estimate of drug-likeness (QED) is 0.639. The highest BCUT2D eigenvalue weighted by atomic mass is 16.1. The fraction of sp³-hybridized carbons (Fsp3) is 0.381. The molecule has 0 saturated heterocycles. The van der Waals surface area contributed by atoms with Gasteiger partial charge in [0.1, 0.15) is 0 Å². The lowest BCUT2D eigenvalue weighted by Gasteiger charge is -2.12. The van der Waals surface area contributed by atoms with Gasteiger partial charge in [-0.2, -0.15) is 0 Å². The molecule has 2 aromatic carbocycles. The number of rotatable bonds is 9. The summed E-state index contributed by atoms with van der Waals surface area (Å²) in [6.45, 7) is 5.01. The van der Waals surface area contributed by atoms with Crippen LogP contribution in [0.3, 0.4) is 0 Å². The standard InChI is InChI=1S/C21H27NO/c1-3-5-11-21(23)19-15-14-18(16-20(19)22-4-2)13-12-17-9-7-6-8-10-17/h6-10,14-16,22H,3-5,11-13H2,1-2H3. The van der Waals surface area contributed by atoms with Crippen molar-refractivity contribution in [3.8, 4) is 0 Å². The predicted octanol–water partition coefficient (Wildman–Crippen LogP) is 5.28. The minimum atomic E-state index is 0.248. The molecular weight excluding hydrogens is 282 g/mol. The molecule has 0 atom stereocenters. The number of hydrogen-bond donors (Lipinski definition) is 1. The second kappa shape index (κ2) is 9.14. The minimum absolute atomic E-state index is 0.248. The first-order valence-electron chi connectivity index (χ1n) is 8.68. The Kier molecular flexibility index (Phi) is 6.86. The van der Waals surface area contributed by atoms with Gasteiger partial charge in [-0.25, -0.2) is 0 Å². The summed E-state index contributed by atoms with van der Waals surface area (Å²) in [4.78, 5) is 12.3. The van der Waals surface area contributed by atoms with Gasteiger partial charge in [-0.15, -0.1) is 0 Å². The fourth-order valence-corrected chi connectivity index (χ4v) is 2.73. The first-order valence-corrected chi connectivity index (χ1v) is 8.68. The topological polar surface area (TPSA) is 29.1 Å². The summed E-state index contributed by atoms with van der Waals surface area (Å²) in [7, 11) is 0. The number of aryl methyl sites for hydroxylation is 2. The Balaban J connectivity index is 2.10. The third-order valence-corrected chi connectivity index (χ3v) is 4.05. The van der Waals surface area contributed by atoms with Crippen LogP contribution in [0.15, 0.2) is 48.5 Å². The highest BCUT2D eigenvalue weighted by molar-refractivity contribution is 6.01. The van der Waals surface area contributed by atoms with E-state index < -0.39 is 0 Å². The maximum absolute atomic E-state index is 12.3. The molecule has 23 heavy (non-hydrogen) atoms. The predicted molar refractivity (Wildman–Crippen MR) is 98.3 cm³/mol. The fourth-order valence-electron chi connectivity index (χ4n) is 2.73. The Morgan fingerprint density at radius 3 is 2.39 bits per heavy atom. The average molecular weight is 309 g/mol. The molecule has 0 aliphatic rings. The molecular formula is C21H27NO. The molecule has 2 nitrogen and oxygen atoms in total. The number of hydrogen-bond acceptors (Lipinski definition) is 2. The molecule has 0 aliphatic carbocycles. The van der Waals surface area contributed by atoms with Gasteiger partial charge < -0.3 is 5.32 Å². The van der Waals surface area contributed by atoms with Crippen LogP contribution in [-0.4, -0.2) is 12.3 Å². The van der Waals surface area contributed by atoms with Crippen LogP contribution in [0.2, 0.25) is 0 Å². The molecule has 0 bridgehead atoms. The van der Waals surface area contributed by atoms with Gasteiger partial charge in [0.25, 0.3) is 0 Å². The zero-order valence-corrected chi connectivity index (χ0v) is 14.3. The van der Waals surface area contributed by atoms with Gasteiger partial charge in [0, 0.05) is 24.2 Å². The summed E-state index contributed by atoms with van der Waals surface area (Å²) in [5.74, 6) is 0.248. The second-order valence-corrected chi connectivity index (χ2v) is 5.92. The smallest absolute Gasteiger partial charge is 0.164 e. The average Bonchev–Trinajstić information content (AvgIpc) is 2.59. The number of ketones is 1. The number of nitrogens with one attached hydrogen (secondary N) is 1. The third-order valence-electron chi connectivity index (χ3n) is 4.05. The van der Waals surface area contributed by atoms with Crippen LogP contribution in [0.5, 0.6) is 0 Å². The molecule has 2 rings (SSSR count). The third kappa shape index (κ3) is 5.24. The van der Waals surface area contributed by atoms with Crippen molar-refractivity contribution in [1.82, 2.24) is 0 Å². The Bertz CT molecular complexity index is 619. The normalized spacial score (nSPS) is 10.5. The van der Waals surface area contributed by atoms with Crippen molar-refractivity contribution in [2.45, 2.75) is 46.0 Å². The van der Waals surface area contributed by atoms with Gasteiger partial charge >= 0.3 is 0 Å². The van der Waals surface area contributed by atoms with E-state index in [1.807, 2.05) is 12.1 Å². The van der Waals surface area contributed by atoms with Gasteiger partial charge in [-0.05, 0) is 49.4 Å². The summed E-state index contributed by atoms with van der Waals surface area (Å²) in [5, 5.41) is 3.35. The zero-order valence-electron chi connectivity index (χ0n) is 14.3. The molecule has 0 saturated carbocycles. The summed E-state index contributed by atoms with van der Waals surface area (Å²) in [6, 6.07) is 16.8. The van der Waals surface area contributed by atoms with Crippen LogP contribution >= 0.6 is 0 Å². The van der Waals surface area contributed by atoms with E-state index in [1.165, 1.54) is 11.1 Å². The summed E-state index contributed by atoms with van der Waals surface area (Å²) in [6.07, 6.45) is 4.66. The Morgan fingerprint density at radius 2 is 1.70 bits per heavy atom. The van der Waals surface area contributed by atoms with Crippen LogP contribution in [-0.2, 0) is 12.8 Å². The van der Waals surface area contributed by atoms with Crippen molar-refractivity contribution in [2.24, 2.45) is 0 Å². The molecule has 0 aliphatic heterocycles. The highest BCUT2D eigenvalue weighted by Gasteiger charge is 2.11. The molecule has 0 radical (unpaired) electrons. The molecule has 1 N–H and O–H groups in total. The van der Waals surface area contributed by atoms with E-state index in [0.29, 0.717) is 6.42 Å². The Morgan fingerprint density at radius 1 is 0.957 bits per heavy atom. The SMILES string of the molecule is CCCCC(=O)c1ccc(CCc2ccccc2)cc1NCC. The first-order chi connectivity index (χ1) is 11.2. The van der Waals surface area contributed by atoms with E-state index in [1.54, 1.807) is 0 Å². The van der Waals surface area contributed by atoms with E-state index in [0.717, 1.165) is 43.5 Å². The molecule has 0 fully saturated rings. The van der Waals surface area contributed by atoms with Crippen molar-refractivity contribution in [3.05, 3.63) is 65.2 Å². The van der Waals surface area contributed by atoms with Crippen LogP contribution in [0.25, 0.3) is 0 Å². The lowest BCUT2D eigenvalue weighted by Crippen LogP contribution is -2.07. The van der Waals surface area contributed by atoms with Gasteiger partial charge in [-0.1, -0.05) is 49.7 Å². The highest BCUT2D eigenvalue weighted by Crippen LogP contribution is 2.21. The Hall–Kier alpha value is -2.09. The summed E-state index contributed by atoms with van der Waals surface area (Å²) in [5.41, 5.74) is 4.44. The van der Waals surface area contributed by atoms with E-state index in [-0.39, 0.29) is 5.78 Å². The summed E-state index contributed by atoms with van der Waals surface area (Å²) < 4.78 is 0. The molecule has 0 unspecified atom stereocenters. The molecule has 122 valence electrons. The number of carbonyl (C=O) groups is 1. The van der Waals surface area contributed by atoms with Crippen LogP contribution in [0, 0.1) is 0 Å². The molecule has 0 aromatic heterocycles. The largest absolute Gasteiger partial charge is 0.385 e. The number of carbonyl (C=O) groups excluding carboxylic acids is 1. The number of benzene rings is 2. The van der Waals surface area contributed by atoms with Crippen molar-refractivity contribution < 1.29 is 4.79 Å². The van der Waals surface area contributed by atoms with Crippen LogP contribution in [0.1, 0.15) is 54.6 Å². The maximum Gasteiger partial charge on any atom is 0.164 e. The number of Topliss-reactive ketones (excluding diaryl/α,β-unsaturated/α-hetero) is 1. The summed E-state index contributed by atoms with van der Waals surface area (Å²) >= 11 is 0. The van der Waals surface area contributed by atoms with Gasteiger partial charge in [0.2, 0.25) is 0 Å². The lowest BCUT2D eigenvalue weighted by molar-refractivity contribution is 0.0980. The maximum atomic E-state index is 12.3. The van der Waals surface area contributed by atoms with Gasteiger partial charge in [0.05, 0.1) is 0 Å². The van der Waals surface area contributed by atoms with E-state index >= 15 is 0 Å². The second-order valence-electron chi connectivity index (χ2n) is 5.92. The molecule has 0 heterocycles. The van der Waals surface area contributed by atoms with Gasteiger partial charge in [-0.3, -0.25) is 4.79 Å². The number of anilines is 1. The zero-order chi connectivity index (χ0) is 16.5. The number of unbranched alkanes of at least 4 members (excludes halogenated alkanes) is 1. The van der Waals surface area contributed by atoms with Gasteiger partial charge in [0.15, 0.2) is 5.78 Å². The minimum Gasteiger partial charge on any atom is -0.385 e. The molecule has 0 spiro atoms. The van der Waals surface area contributed by atoms with Crippen molar-refractivity contribution in [3.63, 3.8) is 0 Å². The van der Waals surface area contributed by atoms with E-state index in [4.69, 9.17) is 0 Å². The van der Waals surface area contributed by atoms with Crippen molar-refractivity contribution in [2.75, 3.05) is 11.9 Å². The van der Waals surface area contributed by atoms with Crippen LogP contribution < -0.4 is 5.32 Å². The molecule has 0 amide bonds. The monoisotopic (exact) mass is 309 g/mol. The first kappa shape index (κ1) is 17.3.